The van der Waals surface area contributed by atoms with Gasteiger partial charge in [0.15, 0.2) is 0 Å². The van der Waals surface area contributed by atoms with Gasteiger partial charge in [0.2, 0.25) is 0 Å². The van der Waals surface area contributed by atoms with E-state index < -0.39 is 5.54 Å². The Bertz CT molecular complexity index is 300. The van der Waals surface area contributed by atoms with Crippen molar-refractivity contribution in [3.8, 4) is 0 Å². The molecule has 1 fully saturated rings. The van der Waals surface area contributed by atoms with Crippen LogP contribution in [0, 0.1) is 5.92 Å². The summed E-state index contributed by atoms with van der Waals surface area (Å²) in [5.41, 5.74) is 6.26. The van der Waals surface area contributed by atoms with Crippen LogP contribution in [0.4, 0.5) is 4.39 Å². The lowest BCUT2D eigenvalue weighted by molar-refractivity contribution is 0.403. The van der Waals surface area contributed by atoms with Gasteiger partial charge < -0.3 is 10.6 Å². The van der Waals surface area contributed by atoms with Crippen LogP contribution in [-0.4, -0.2) is 30.6 Å². The third kappa shape index (κ3) is 3.72. The van der Waals surface area contributed by atoms with Gasteiger partial charge in [0.1, 0.15) is 5.83 Å². The van der Waals surface area contributed by atoms with Gasteiger partial charge in [-0.25, -0.2) is 4.39 Å². The van der Waals surface area contributed by atoms with E-state index in [1.54, 1.807) is 6.92 Å². The van der Waals surface area contributed by atoms with Crippen LogP contribution in [0.1, 0.15) is 27.2 Å². The lowest BCUT2D eigenvalue weighted by Crippen LogP contribution is -2.30. The molecule has 1 aliphatic rings. The second-order valence-corrected chi connectivity index (χ2v) is 5.31. The van der Waals surface area contributed by atoms with Crippen molar-refractivity contribution in [2.24, 2.45) is 11.7 Å². The number of allylic oxidation sites excluding steroid dienone is 2. The van der Waals surface area contributed by atoms with E-state index in [2.05, 4.69) is 11.9 Å². The van der Waals surface area contributed by atoms with Crippen LogP contribution in [-0.2, 0) is 0 Å². The van der Waals surface area contributed by atoms with Gasteiger partial charge in [-0.05, 0) is 46.4 Å². The van der Waals surface area contributed by atoms with E-state index >= 15 is 0 Å². The molecule has 0 aliphatic carbocycles. The van der Waals surface area contributed by atoms with E-state index in [-0.39, 0.29) is 11.7 Å². The smallest absolute Gasteiger partial charge is 0.122 e. The molecule has 1 rings (SSSR count). The molecule has 92 valence electrons. The van der Waals surface area contributed by atoms with Crippen molar-refractivity contribution in [1.82, 2.24) is 4.90 Å². The first-order chi connectivity index (χ1) is 7.33. The minimum atomic E-state index is -0.461. The summed E-state index contributed by atoms with van der Waals surface area (Å²) in [5.74, 6) is 0.155. The van der Waals surface area contributed by atoms with Crippen LogP contribution in [0.15, 0.2) is 23.6 Å². The molecule has 3 heteroatoms. The van der Waals surface area contributed by atoms with Gasteiger partial charge in [-0.2, -0.15) is 0 Å². The fourth-order valence-electron chi connectivity index (χ4n) is 2.14. The Balaban J connectivity index is 2.93. The summed E-state index contributed by atoms with van der Waals surface area (Å²) in [6, 6.07) is 0. The maximum absolute atomic E-state index is 13.8. The number of hydrogen-bond donors (Lipinski definition) is 1. The zero-order valence-electron chi connectivity index (χ0n) is 10.8. The van der Waals surface area contributed by atoms with Crippen LogP contribution in [0.25, 0.3) is 0 Å². The van der Waals surface area contributed by atoms with Crippen molar-refractivity contribution < 1.29 is 4.39 Å². The molecule has 1 aliphatic heterocycles. The summed E-state index contributed by atoms with van der Waals surface area (Å²) in [5, 5.41) is 0. The van der Waals surface area contributed by atoms with Gasteiger partial charge in [0.05, 0.1) is 0 Å². The first-order valence-corrected chi connectivity index (χ1v) is 5.86. The topological polar surface area (TPSA) is 29.3 Å². The van der Waals surface area contributed by atoms with E-state index in [1.165, 1.54) is 6.08 Å². The second kappa shape index (κ2) is 5.11. The highest BCUT2D eigenvalue weighted by Gasteiger charge is 2.26. The van der Waals surface area contributed by atoms with E-state index in [9.17, 15) is 4.39 Å². The molecular formula is C13H23FN2. The Kier molecular flexibility index (Phi) is 4.28. The Morgan fingerprint density at radius 1 is 1.50 bits per heavy atom. The first-order valence-electron chi connectivity index (χ1n) is 5.86. The van der Waals surface area contributed by atoms with Crippen LogP contribution in [0.2, 0.25) is 0 Å². The highest BCUT2D eigenvalue weighted by Crippen LogP contribution is 2.30. The molecule has 1 unspecified atom stereocenters. The van der Waals surface area contributed by atoms with E-state index in [1.807, 2.05) is 19.9 Å². The quantitative estimate of drug-likeness (QED) is 0.749. The molecule has 0 spiro atoms. The number of hydrogen-bond acceptors (Lipinski definition) is 2. The third-order valence-corrected chi connectivity index (χ3v) is 2.89. The van der Waals surface area contributed by atoms with Gasteiger partial charge in [-0.15, -0.1) is 0 Å². The summed E-state index contributed by atoms with van der Waals surface area (Å²) in [6.45, 7) is 7.47. The Morgan fingerprint density at radius 2 is 2.12 bits per heavy atom. The number of likely N-dealkylation sites (tertiary alicyclic amines) is 1. The fourth-order valence-corrected chi connectivity index (χ4v) is 2.14. The molecule has 2 nitrogen and oxygen atoms in total. The van der Waals surface area contributed by atoms with Crippen molar-refractivity contribution in [2.45, 2.75) is 32.7 Å². The highest BCUT2D eigenvalue weighted by molar-refractivity contribution is 5.31. The SMILES string of the molecule is C/C=C(F)\C(=C/C(C)(C)N)C1CCN(C)C1. The molecule has 2 N–H and O–H groups in total. The Morgan fingerprint density at radius 3 is 2.50 bits per heavy atom. The van der Waals surface area contributed by atoms with Gasteiger partial charge in [0.25, 0.3) is 0 Å². The van der Waals surface area contributed by atoms with E-state index in [0.717, 1.165) is 25.1 Å². The number of halogens is 1. The fraction of sp³-hybridized carbons (Fsp3) is 0.692. The minimum Gasteiger partial charge on any atom is -0.322 e. The minimum absolute atomic E-state index is 0.126. The van der Waals surface area contributed by atoms with Crippen LogP contribution < -0.4 is 5.73 Å². The summed E-state index contributed by atoms with van der Waals surface area (Å²) in [6.07, 6.45) is 4.40. The van der Waals surface area contributed by atoms with Gasteiger partial charge in [-0.1, -0.05) is 12.2 Å². The number of nitrogens with zero attached hydrogens (tertiary/aromatic N) is 1. The number of rotatable bonds is 3. The normalized spacial score (nSPS) is 25.2. The maximum Gasteiger partial charge on any atom is 0.122 e. The van der Waals surface area contributed by atoms with Crippen molar-refractivity contribution in [3.05, 3.63) is 23.6 Å². The van der Waals surface area contributed by atoms with Crippen molar-refractivity contribution in [1.29, 1.82) is 0 Å². The molecule has 0 aromatic heterocycles. The van der Waals surface area contributed by atoms with Crippen LogP contribution in [0.3, 0.4) is 0 Å². The monoisotopic (exact) mass is 226 g/mol. The van der Waals surface area contributed by atoms with Crippen molar-refractivity contribution >= 4 is 0 Å². The first kappa shape index (κ1) is 13.4. The zero-order valence-corrected chi connectivity index (χ0v) is 10.8. The van der Waals surface area contributed by atoms with Gasteiger partial charge in [-0.3, -0.25) is 0 Å². The third-order valence-electron chi connectivity index (χ3n) is 2.89. The Hall–Kier alpha value is -0.670. The predicted molar refractivity (Wildman–Crippen MR) is 66.8 cm³/mol. The summed E-state index contributed by atoms with van der Waals surface area (Å²) >= 11 is 0. The van der Waals surface area contributed by atoms with Gasteiger partial charge >= 0.3 is 0 Å². The summed E-state index contributed by atoms with van der Waals surface area (Å²) in [7, 11) is 2.07. The standard InChI is InChI=1S/C13H23FN2/c1-5-12(14)11(8-13(2,3)15)10-6-7-16(4)9-10/h5,8,10H,6-7,9,15H2,1-4H3/b11-8-,12-5+. The highest BCUT2D eigenvalue weighted by atomic mass is 19.1. The average Bonchev–Trinajstić information content (AvgIpc) is 2.58. The van der Waals surface area contributed by atoms with Crippen LogP contribution in [0.5, 0.6) is 0 Å². The molecule has 1 heterocycles. The largest absolute Gasteiger partial charge is 0.322 e. The van der Waals surface area contributed by atoms with E-state index in [4.69, 9.17) is 5.73 Å². The summed E-state index contributed by atoms with van der Waals surface area (Å²) in [4.78, 5) is 2.23. The second-order valence-electron chi connectivity index (χ2n) is 5.31. The molecule has 0 bridgehead atoms. The molecule has 0 amide bonds. The van der Waals surface area contributed by atoms with E-state index in [0.29, 0.717) is 0 Å². The molecule has 0 radical (unpaired) electrons. The molecule has 0 aromatic carbocycles. The van der Waals surface area contributed by atoms with Crippen molar-refractivity contribution in [2.75, 3.05) is 20.1 Å². The average molecular weight is 226 g/mol. The Labute approximate surface area is 98.0 Å². The molecule has 1 saturated heterocycles. The van der Waals surface area contributed by atoms with Crippen molar-refractivity contribution in [3.63, 3.8) is 0 Å². The maximum atomic E-state index is 13.8. The molecule has 0 aromatic rings. The predicted octanol–water partition coefficient (Wildman–Crippen LogP) is 2.48. The zero-order chi connectivity index (χ0) is 12.3. The lowest BCUT2D eigenvalue weighted by Gasteiger charge is -2.20. The summed E-state index contributed by atoms with van der Waals surface area (Å²) < 4.78 is 13.8. The molecule has 16 heavy (non-hydrogen) atoms. The van der Waals surface area contributed by atoms with Gasteiger partial charge in [0, 0.05) is 18.0 Å². The molecule has 1 atom stereocenters. The number of nitrogens with two attached hydrogens (primary N) is 1. The molecule has 0 saturated carbocycles. The van der Waals surface area contributed by atoms with Crippen LogP contribution >= 0.6 is 0 Å². The lowest BCUT2D eigenvalue weighted by atomic mass is 9.91. The molecular weight excluding hydrogens is 203 g/mol.